The largest absolute Gasteiger partial charge is 0.493 e. The zero-order valence-corrected chi connectivity index (χ0v) is 25.1. The molecule has 0 radical (unpaired) electrons. The summed E-state index contributed by atoms with van der Waals surface area (Å²) in [5.41, 5.74) is 5.32. The van der Waals surface area contributed by atoms with Crippen LogP contribution in [-0.4, -0.2) is 48.4 Å². The van der Waals surface area contributed by atoms with E-state index in [0.717, 1.165) is 15.4 Å². The Morgan fingerprint density at radius 3 is 2.14 bits per heavy atom. The highest BCUT2D eigenvalue weighted by Gasteiger charge is 2.28. The molecule has 0 bridgehead atoms. The Hall–Kier alpha value is -5.03. The molecule has 0 saturated heterocycles. The monoisotopic (exact) mass is 603 g/mol. The number of aryl methyl sites for hydroxylation is 1. The summed E-state index contributed by atoms with van der Waals surface area (Å²) in [4.78, 5) is 12.9. The fourth-order valence-electron chi connectivity index (χ4n) is 4.09. The fourth-order valence-corrected chi connectivity index (χ4v) is 5.53. The average Bonchev–Trinajstić information content (AvgIpc) is 3.03. The van der Waals surface area contributed by atoms with Crippen molar-refractivity contribution < 1.29 is 32.2 Å². The van der Waals surface area contributed by atoms with E-state index in [9.17, 15) is 13.2 Å². The first-order chi connectivity index (χ1) is 20.7. The van der Waals surface area contributed by atoms with Gasteiger partial charge in [0, 0.05) is 6.07 Å². The molecule has 0 aromatic heterocycles. The highest BCUT2D eigenvalue weighted by molar-refractivity contribution is 7.92. The van der Waals surface area contributed by atoms with Crippen LogP contribution in [0.2, 0.25) is 0 Å². The van der Waals surface area contributed by atoms with E-state index < -0.39 is 22.5 Å². The SMILES string of the molecule is COc1ccc(S(=O)(=O)N(CC(=O)N/N=C/c2ccc(OCc3ccccc3)c(OC)c2)c2ccc(C)cc2)cc1OC. The standard InChI is InChI=1S/C32H33N3O7S/c1-23-10-13-26(14-11-23)35(43(37,38)27-15-17-28(39-2)31(19-27)41-4)21-32(36)34-33-20-25-12-16-29(30(18-25)40-3)42-22-24-8-6-5-7-9-24/h5-20H,21-22H2,1-4H3,(H,34,36)/b33-20+. The number of methoxy groups -OCH3 is 3. The maximum absolute atomic E-state index is 13.7. The molecule has 1 amide bonds. The molecule has 0 aliphatic carbocycles. The number of amides is 1. The molecule has 1 N–H and O–H groups in total. The predicted molar refractivity (Wildman–Crippen MR) is 165 cm³/mol. The van der Waals surface area contributed by atoms with Crippen LogP contribution < -0.4 is 28.7 Å². The number of nitrogens with one attached hydrogen (secondary N) is 1. The number of benzene rings is 4. The molecule has 43 heavy (non-hydrogen) atoms. The third-order valence-electron chi connectivity index (χ3n) is 6.38. The first kappa shape index (κ1) is 30.9. The van der Waals surface area contributed by atoms with Crippen LogP contribution in [0.4, 0.5) is 5.69 Å². The lowest BCUT2D eigenvalue weighted by molar-refractivity contribution is -0.119. The van der Waals surface area contributed by atoms with Gasteiger partial charge in [0.15, 0.2) is 23.0 Å². The molecule has 0 spiro atoms. The molecule has 4 aromatic rings. The number of rotatable bonds is 13. The molecule has 10 nitrogen and oxygen atoms in total. The lowest BCUT2D eigenvalue weighted by Crippen LogP contribution is -2.39. The second-order valence-electron chi connectivity index (χ2n) is 9.34. The van der Waals surface area contributed by atoms with E-state index in [1.54, 1.807) is 42.5 Å². The topological polar surface area (TPSA) is 116 Å². The molecular weight excluding hydrogens is 570 g/mol. The Morgan fingerprint density at radius 1 is 0.814 bits per heavy atom. The van der Waals surface area contributed by atoms with Gasteiger partial charge < -0.3 is 18.9 Å². The van der Waals surface area contributed by atoms with Crippen molar-refractivity contribution in [2.45, 2.75) is 18.4 Å². The molecule has 0 fully saturated rings. The second-order valence-corrected chi connectivity index (χ2v) is 11.2. The summed E-state index contributed by atoms with van der Waals surface area (Å²) in [6.45, 7) is 1.74. The third kappa shape index (κ3) is 7.83. The predicted octanol–water partition coefficient (Wildman–Crippen LogP) is 4.95. The van der Waals surface area contributed by atoms with E-state index in [1.165, 1.54) is 45.7 Å². The highest BCUT2D eigenvalue weighted by atomic mass is 32.2. The van der Waals surface area contributed by atoms with E-state index in [-0.39, 0.29) is 10.6 Å². The number of nitrogens with zero attached hydrogens (tertiary/aromatic N) is 2. The molecule has 224 valence electrons. The van der Waals surface area contributed by atoms with Crippen LogP contribution in [0.15, 0.2) is 101 Å². The van der Waals surface area contributed by atoms with Crippen LogP contribution in [-0.2, 0) is 21.4 Å². The smallest absolute Gasteiger partial charge is 0.264 e. The van der Waals surface area contributed by atoms with Gasteiger partial charge in [-0.05, 0) is 60.5 Å². The normalized spacial score (nSPS) is 11.2. The van der Waals surface area contributed by atoms with E-state index in [2.05, 4.69) is 10.5 Å². The Labute approximate surface area is 251 Å². The van der Waals surface area contributed by atoms with Crippen molar-refractivity contribution in [3.63, 3.8) is 0 Å². The number of anilines is 1. The maximum Gasteiger partial charge on any atom is 0.264 e. The molecular formula is C32H33N3O7S. The van der Waals surface area contributed by atoms with Gasteiger partial charge in [-0.15, -0.1) is 0 Å². The summed E-state index contributed by atoms with van der Waals surface area (Å²) in [5, 5.41) is 4.03. The van der Waals surface area contributed by atoms with Crippen molar-refractivity contribution >= 4 is 27.8 Å². The van der Waals surface area contributed by atoms with E-state index in [4.69, 9.17) is 18.9 Å². The highest BCUT2D eigenvalue weighted by Crippen LogP contribution is 2.32. The van der Waals surface area contributed by atoms with Crippen LogP contribution in [0.25, 0.3) is 0 Å². The summed E-state index contributed by atoms with van der Waals surface area (Å²) >= 11 is 0. The number of carbonyl (C=O) groups excluding carboxylic acids is 1. The van der Waals surface area contributed by atoms with Crippen LogP contribution in [0.1, 0.15) is 16.7 Å². The van der Waals surface area contributed by atoms with Gasteiger partial charge in [0.05, 0.1) is 38.1 Å². The van der Waals surface area contributed by atoms with E-state index in [0.29, 0.717) is 35.1 Å². The Balaban J connectivity index is 1.49. The number of carbonyl (C=O) groups is 1. The minimum atomic E-state index is -4.18. The molecule has 4 rings (SSSR count). The van der Waals surface area contributed by atoms with Crippen molar-refractivity contribution in [2.75, 3.05) is 32.2 Å². The number of hydrazone groups is 1. The summed E-state index contributed by atoms with van der Waals surface area (Å²) < 4.78 is 50.4. The van der Waals surface area contributed by atoms with Gasteiger partial charge in [-0.2, -0.15) is 5.10 Å². The minimum absolute atomic E-state index is 0.0660. The molecule has 0 atom stereocenters. The number of sulfonamides is 1. The summed E-state index contributed by atoms with van der Waals surface area (Å²) in [5.74, 6) is 1.03. The first-order valence-electron chi connectivity index (χ1n) is 13.2. The van der Waals surface area contributed by atoms with Crippen molar-refractivity contribution in [2.24, 2.45) is 5.10 Å². The van der Waals surface area contributed by atoms with Gasteiger partial charge in [0.2, 0.25) is 0 Å². The van der Waals surface area contributed by atoms with Crippen LogP contribution >= 0.6 is 0 Å². The Bertz CT molecular complexity index is 1680. The number of hydrogen-bond acceptors (Lipinski definition) is 8. The van der Waals surface area contributed by atoms with Crippen molar-refractivity contribution in [1.29, 1.82) is 0 Å². The Morgan fingerprint density at radius 2 is 1.47 bits per heavy atom. The van der Waals surface area contributed by atoms with Gasteiger partial charge in [-0.3, -0.25) is 9.10 Å². The number of ether oxygens (including phenoxy) is 4. The van der Waals surface area contributed by atoms with Gasteiger partial charge in [0.1, 0.15) is 13.2 Å². The average molecular weight is 604 g/mol. The lowest BCUT2D eigenvalue weighted by atomic mass is 10.2. The molecule has 0 unspecified atom stereocenters. The van der Waals surface area contributed by atoms with E-state index in [1.807, 2.05) is 37.3 Å². The van der Waals surface area contributed by atoms with Crippen molar-refractivity contribution in [1.82, 2.24) is 5.43 Å². The zero-order chi connectivity index (χ0) is 30.8. The van der Waals surface area contributed by atoms with Crippen molar-refractivity contribution in [3.8, 4) is 23.0 Å². The van der Waals surface area contributed by atoms with Crippen molar-refractivity contribution in [3.05, 3.63) is 108 Å². The minimum Gasteiger partial charge on any atom is -0.493 e. The summed E-state index contributed by atoms with van der Waals surface area (Å²) in [6, 6.07) is 26.0. The molecule has 0 aliphatic heterocycles. The lowest BCUT2D eigenvalue weighted by Gasteiger charge is -2.24. The van der Waals surface area contributed by atoms with Gasteiger partial charge in [-0.1, -0.05) is 48.0 Å². The quantitative estimate of drug-likeness (QED) is 0.170. The van der Waals surface area contributed by atoms with Crippen LogP contribution in [0, 0.1) is 6.92 Å². The maximum atomic E-state index is 13.7. The summed E-state index contributed by atoms with van der Waals surface area (Å²) in [6.07, 6.45) is 1.43. The molecule has 0 heterocycles. The third-order valence-corrected chi connectivity index (χ3v) is 8.15. The van der Waals surface area contributed by atoms with Gasteiger partial charge in [-0.25, -0.2) is 13.8 Å². The molecule has 4 aromatic carbocycles. The second kappa shape index (κ2) is 14.2. The zero-order valence-electron chi connectivity index (χ0n) is 24.3. The molecule has 11 heteroatoms. The van der Waals surface area contributed by atoms with Crippen LogP contribution in [0.3, 0.4) is 0 Å². The first-order valence-corrected chi connectivity index (χ1v) is 14.7. The number of hydrogen-bond donors (Lipinski definition) is 1. The summed E-state index contributed by atoms with van der Waals surface area (Å²) in [7, 11) is 0.225. The molecule has 0 saturated carbocycles. The van der Waals surface area contributed by atoms with Gasteiger partial charge >= 0.3 is 0 Å². The molecule has 0 aliphatic rings. The van der Waals surface area contributed by atoms with E-state index >= 15 is 0 Å². The Kier molecular flexibility index (Phi) is 10.2. The van der Waals surface area contributed by atoms with Gasteiger partial charge in [0.25, 0.3) is 15.9 Å². The van der Waals surface area contributed by atoms with Crippen LogP contribution in [0.5, 0.6) is 23.0 Å². The fraction of sp³-hybridized carbons (Fsp3) is 0.188.